The summed E-state index contributed by atoms with van der Waals surface area (Å²) >= 11 is 3.43. The zero-order valence-corrected chi connectivity index (χ0v) is 19.4. The molecule has 3 rings (SSSR count). The molecule has 0 fully saturated rings. The second kappa shape index (κ2) is 12.2. The third-order valence-electron chi connectivity index (χ3n) is 4.22. The summed E-state index contributed by atoms with van der Waals surface area (Å²) in [5, 5.41) is 6.41. The van der Waals surface area contributed by atoms with Gasteiger partial charge in [-0.1, -0.05) is 23.5 Å². The van der Waals surface area contributed by atoms with E-state index >= 15 is 0 Å². The highest BCUT2D eigenvalue weighted by molar-refractivity contribution is 8.38. The largest absolute Gasteiger partial charge is 0.496 e. The molecule has 0 bridgehead atoms. The molecule has 0 spiro atoms. The maximum Gasteiger partial charge on any atom is 0.329 e. The van der Waals surface area contributed by atoms with E-state index in [-0.39, 0.29) is 0 Å². The Bertz CT molecular complexity index is 1010. The minimum absolute atomic E-state index is 0.486. The monoisotopic (exact) mass is 472 g/mol. The number of ether oxygens (including phenoxy) is 2. The first-order valence-corrected chi connectivity index (χ1v) is 11.9. The van der Waals surface area contributed by atoms with E-state index in [9.17, 15) is 9.59 Å². The van der Waals surface area contributed by atoms with Crippen molar-refractivity contribution < 1.29 is 19.1 Å². The van der Waals surface area contributed by atoms with E-state index in [2.05, 4.69) is 20.8 Å². The van der Waals surface area contributed by atoms with Gasteiger partial charge in [-0.25, -0.2) is 5.43 Å². The molecule has 8 nitrogen and oxygen atoms in total. The number of rotatable bonds is 8. The maximum atomic E-state index is 12.1. The number of aliphatic imine (C=N–C) groups is 1. The third-order valence-corrected chi connectivity index (χ3v) is 6.52. The SMILES string of the molecule is CCOc1ccc(NC(=O)C(=O)N/N=C/c2ccc(OC)c(CSC3=NCCS3)c2)cc1. The summed E-state index contributed by atoms with van der Waals surface area (Å²) in [4.78, 5) is 28.5. The number of nitrogens with zero attached hydrogens (tertiary/aromatic N) is 2. The van der Waals surface area contributed by atoms with Gasteiger partial charge < -0.3 is 14.8 Å². The first kappa shape index (κ1) is 23.7. The molecule has 1 heterocycles. The van der Waals surface area contributed by atoms with Crippen molar-refractivity contribution in [2.45, 2.75) is 12.7 Å². The van der Waals surface area contributed by atoms with E-state index in [1.54, 1.807) is 54.9 Å². The Morgan fingerprint density at radius 2 is 2.03 bits per heavy atom. The van der Waals surface area contributed by atoms with Crippen LogP contribution in [0.4, 0.5) is 5.69 Å². The predicted octanol–water partition coefficient (Wildman–Crippen LogP) is 3.52. The summed E-state index contributed by atoms with van der Waals surface area (Å²) in [5.74, 6) is 1.53. The number of carbonyl (C=O) groups is 2. The van der Waals surface area contributed by atoms with Crippen LogP contribution in [0.3, 0.4) is 0 Å². The van der Waals surface area contributed by atoms with E-state index in [4.69, 9.17) is 9.47 Å². The lowest BCUT2D eigenvalue weighted by Crippen LogP contribution is -2.32. The number of carbonyl (C=O) groups excluding carboxylic acids is 2. The Morgan fingerprint density at radius 1 is 1.22 bits per heavy atom. The average molecular weight is 473 g/mol. The summed E-state index contributed by atoms with van der Waals surface area (Å²) in [5.41, 5.74) is 4.50. The fraction of sp³-hybridized carbons (Fsp3) is 0.273. The van der Waals surface area contributed by atoms with Gasteiger partial charge in [-0.15, -0.1) is 0 Å². The van der Waals surface area contributed by atoms with E-state index in [0.717, 1.165) is 33.5 Å². The number of benzene rings is 2. The minimum atomic E-state index is -0.865. The molecule has 0 radical (unpaired) electrons. The lowest BCUT2D eigenvalue weighted by Gasteiger charge is -2.09. The predicted molar refractivity (Wildman–Crippen MR) is 131 cm³/mol. The molecule has 0 saturated carbocycles. The van der Waals surface area contributed by atoms with Crippen molar-refractivity contribution >= 4 is 51.6 Å². The second-order valence-electron chi connectivity index (χ2n) is 6.47. The smallest absolute Gasteiger partial charge is 0.329 e. The third kappa shape index (κ3) is 7.03. The summed E-state index contributed by atoms with van der Waals surface area (Å²) in [6.45, 7) is 3.30. The number of hydrogen-bond acceptors (Lipinski definition) is 8. The van der Waals surface area contributed by atoms with Crippen LogP contribution in [0.5, 0.6) is 11.5 Å². The molecule has 0 unspecified atom stereocenters. The number of amides is 2. The molecule has 2 N–H and O–H groups in total. The molecule has 32 heavy (non-hydrogen) atoms. The molecule has 2 aromatic carbocycles. The summed E-state index contributed by atoms with van der Waals surface area (Å²) in [6, 6.07) is 12.4. The molecule has 0 atom stereocenters. The first-order chi connectivity index (χ1) is 15.6. The van der Waals surface area contributed by atoms with Crippen molar-refractivity contribution in [2.75, 3.05) is 31.3 Å². The second-order valence-corrected chi connectivity index (χ2v) is 8.77. The number of anilines is 1. The van der Waals surface area contributed by atoms with Gasteiger partial charge in [0.15, 0.2) is 0 Å². The molecular weight excluding hydrogens is 448 g/mol. The Hall–Kier alpha value is -2.98. The fourth-order valence-electron chi connectivity index (χ4n) is 2.74. The molecule has 10 heteroatoms. The van der Waals surface area contributed by atoms with Gasteiger partial charge in [0.2, 0.25) is 0 Å². The minimum Gasteiger partial charge on any atom is -0.496 e. The van der Waals surface area contributed by atoms with Gasteiger partial charge in [0.25, 0.3) is 0 Å². The molecular formula is C22H24N4O4S2. The summed E-state index contributed by atoms with van der Waals surface area (Å²) in [7, 11) is 1.63. The van der Waals surface area contributed by atoms with Crippen LogP contribution in [0, 0.1) is 0 Å². The molecule has 1 aliphatic rings. The van der Waals surface area contributed by atoms with Crippen molar-refractivity contribution in [3.63, 3.8) is 0 Å². The van der Waals surface area contributed by atoms with Crippen LogP contribution in [0.15, 0.2) is 52.6 Å². The number of nitrogens with one attached hydrogen (secondary N) is 2. The van der Waals surface area contributed by atoms with Crippen LogP contribution in [0.1, 0.15) is 18.1 Å². The van der Waals surface area contributed by atoms with Crippen molar-refractivity contribution in [3.8, 4) is 11.5 Å². The number of hydrogen-bond donors (Lipinski definition) is 2. The highest BCUT2D eigenvalue weighted by Gasteiger charge is 2.13. The molecule has 168 valence electrons. The lowest BCUT2D eigenvalue weighted by molar-refractivity contribution is -0.136. The van der Waals surface area contributed by atoms with Gasteiger partial charge in [-0.05, 0) is 55.0 Å². The molecule has 0 aliphatic carbocycles. The number of hydrazone groups is 1. The molecule has 1 aliphatic heterocycles. The molecule has 2 aromatic rings. The topological polar surface area (TPSA) is 101 Å². The highest BCUT2D eigenvalue weighted by atomic mass is 32.2. The van der Waals surface area contributed by atoms with Gasteiger partial charge in [0, 0.05) is 22.8 Å². The van der Waals surface area contributed by atoms with Crippen LogP contribution in [0.25, 0.3) is 0 Å². The zero-order chi connectivity index (χ0) is 22.8. The number of thioether (sulfide) groups is 2. The van der Waals surface area contributed by atoms with Crippen LogP contribution in [0.2, 0.25) is 0 Å². The van der Waals surface area contributed by atoms with Crippen molar-refractivity contribution in [3.05, 3.63) is 53.6 Å². The van der Waals surface area contributed by atoms with Crippen molar-refractivity contribution in [2.24, 2.45) is 10.1 Å². The number of methoxy groups -OCH3 is 1. The Labute approximate surface area is 195 Å². The van der Waals surface area contributed by atoms with Gasteiger partial charge in [-0.3, -0.25) is 14.6 Å². The van der Waals surface area contributed by atoms with Gasteiger partial charge >= 0.3 is 11.8 Å². The van der Waals surface area contributed by atoms with E-state index in [1.165, 1.54) is 6.21 Å². The Morgan fingerprint density at radius 3 is 2.72 bits per heavy atom. The Balaban J connectivity index is 1.54. The van der Waals surface area contributed by atoms with Crippen molar-refractivity contribution in [1.82, 2.24) is 5.43 Å². The molecule has 0 aromatic heterocycles. The van der Waals surface area contributed by atoms with Gasteiger partial charge in [-0.2, -0.15) is 5.10 Å². The normalized spacial score (nSPS) is 13.0. The highest BCUT2D eigenvalue weighted by Crippen LogP contribution is 2.29. The standard InChI is InChI=1S/C22H24N4O4S2/c1-3-30-18-7-5-17(6-8-18)25-20(27)21(28)26-24-13-15-4-9-19(29-2)16(12-15)14-32-22-23-10-11-31-22/h4-9,12-13H,3,10-11,14H2,1-2H3,(H,25,27)(H,26,28)/b24-13+. The van der Waals surface area contributed by atoms with E-state index in [0.29, 0.717) is 23.8 Å². The van der Waals surface area contributed by atoms with Crippen LogP contribution in [-0.2, 0) is 15.3 Å². The van der Waals surface area contributed by atoms with Crippen molar-refractivity contribution in [1.29, 1.82) is 0 Å². The molecule has 0 saturated heterocycles. The summed E-state index contributed by atoms with van der Waals surface area (Å²) < 4.78 is 11.9. The van der Waals surface area contributed by atoms with E-state index < -0.39 is 11.8 Å². The molecule has 2 amide bonds. The van der Waals surface area contributed by atoms with Crippen LogP contribution >= 0.6 is 23.5 Å². The first-order valence-electron chi connectivity index (χ1n) is 9.93. The quantitative estimate of drug-likeness (QED) is 0.346. The zero-order valence-electron chi connectivity index (χ0n) is 17.8. The van der Waals surface area contributed by atoms with Crippen LogP contribution < -0.4 is 20.2 Å². The maximum absolute atomic E-state index is 12.1. The van der Waals surface area contributed by atoms with Crippen LogP contribution in [-0.4, -0.2) is 48.4 Å². The van der Waals surface area contributed by atoms with E-state index in [1.807, 2.05) is 25.1 Å². The lowest BCUT2D eigenvalue weighted by atomic mass is 10.1. The summed E-state index contributed by atoms with van der Waals surface area (Å²) in [6.07, 6.45) is 1.48. The van der Waals surface area contributed by atoms with Gasteiger partial charge in [0.05, 0.1) is 26.5 Å². The fourth-order valence-corrected chi connectivity index (χ4v) is 4.73. The van der Waals surface area contributed by atoms with Gasteiger partial charge in [0.1, 0.15) is 15.9 Å². The Kier molecular flexibility index (Phi) is 9.00. The average Bonchev–Trinajstić information content (AvgIpc) is 3.33.